The lowest BCUT2D eigenvalue weighted by Gasteiger charge is -1.86. The van der Waals surface area contributed by atoms with Crippen molar-refractivity contribution >= 4 is 17.1 Å². The van der Waals surface area contributed by atoms with Crippen molar-refractivity contribution < 1.29 is 4.79 Å². The van der Waals surface area contributed by atoms with Crippen molar-refractivity contribution in [3.8, 4) is 10.8 Å². The third-order valence-corrected chi connectivity index (χ3v) is 2.41. The van der Waals surface area contributed by atoms with Crippen molar-refractivity contribution in [1.29, 1.82) is 0 Å². The molecular weight excluding hydrogens is 186 g/mol. The Bertz CT molecular complexity index is 418. The highest BCUT2D eigenvalue weighted by Gasteiger charge is 2.08. The normalized spacial score (nSPS) is 10.2. The van der Waals surface area contributed by atoms with Crippen molar-refractivity contribution in [2.45, 2.75) is 6.92 Å². The van der Waals surface area contributed by atoms with Gasteiger partial charge in [0.1, 0.15) is 5.69 Å². The summed E-state index contributed by atoms with van der Waals surface area (Å²) in [7, 11) is 0. The Kier molecular flexibility index (Phi) is 1.94. The maximum atomic E-state index is 10.9. The van der Waals surface area contributed by atoms with E-state index in [0.29, 0.717) is 11.5 Å². The largest absolute Gasteiger partial charge is 0.343 e. The van der Waals surface area contributed by atoms with Crippen LogP contribution in [0.4, 0.5) is 0 Å². The van der Waals surface area contributed by atoms with Crippen LogP contribution in [0.2, 0.25) is 0 Å². The summed E-state index contributed by atoms with van der Waals surface area (Å²) < 4.78 is 0. The SMILES string of the molecule is CC(=O)c1csc(-c2ncc[nH]2)n1. The van der Waals surface area contributed by atoms with E-state index < -0.39 is 0 Å². The van der Waals surface area contributed by atoms with E-state index in [1.54, 1.807) is 17.8 Å². The number of aromatic amines is 1. The van der Waals surface area contributed by atoms with Gasteiger partial charge in [-0.1, -0.05) is 0 Å². The summed E-state index contributed by atoms with van der Waals surface area (Å²) in [4.78, 5) is 22.0. The highest BCUT2D eigenvalue weighted by atomic mass is 32.1. The number of thiazole rings is 1. The number of aromatic nitrogens is 3. The second kappa shape index (κ2) is 3.10. The van der Waals surface area contributed by atoms with Crippen LogP contribution in [-0.4, -0.2) is 20.7 Å². The molecule has 0 saturated carbocycles. The van der Waals surface area contributed by atoms with Gasteiger partial charge >= 0.3 is 0 Å². The summed E-state index contributed by atoms with van der Waals surface area (Å²) in [5.41, 5.74) is 0.497. The quantitative estimate of drug-likeness (QED) is 0.739. The molecule has 0 unspecified atom stereocenters. The lowest BCUT2D eigenvalue weighted by molar-refractivity contribution is 0.101. The number of Topliss-reactive ketones (excluding diaryl/α,β-unsaturated/α-hetero) is 1. The van der Waals surface area contributed by atoms with Crippen LogP contribution in [0, 0.1) is 0 Å². The molecule has 0 atom stereocenters. The number of carbonyl (C=O) groups is 1. The first-order valence-electron chi connectivity index (χ1n) is 3.73. The molecule has 2 rings (SSSR count). The molecule has 66 valence electrons. The minimum atomic E-state index is -0.0194. The Hall–Kier alpha value is -1.49. The second-order valence-corrected chi connectivity index (χ2v) is 3.39. The molecule has 2 heterocycles. The van der Waals surface area contributed by atoms with Crippen LogP contribution in [0.5, 0.6) is 0 Å². The minimum absolute atomic E-state index is 0.0194. The van der Waals surface area contributed by atoms with Gasteiger partial charge in [0.2, 0.25) is 0 Å². The molecule has 0 aromatic carbocycles. The van der Waals surface area contributed by atoms with Crippen LogP contribution in [-0.2, 0) is 0 Å². The number of hydrogen-bond donors (Lipinski definition) is 1. The van der Waals surface area contributed by atoms with Crippen LogP contribution in [0.25, 0.3) is 10.8 Å². The number of ketones is 1. The third kappa shape index (κ3) is 1.50. The molecule has 13 heavy (non-hydrogen) atoms. The van der Waals surface area contributed by atoms with Crippen molar-refractivity contribution in [2.24, 2.45) is 0 Å². The molecule has 0 bridgehead atoms. The Balaban J connectivity index is 2.39. The van der Waals surface area contributed by atoms with Crippen LogP contribution >= 0.6 is 11.3 Å². The van der Waals surface area contributed by atoms with Crippen molar-refractivity contribution in [3.63, 3.8) is 0 Å². The lowest BCUT2D eigenvalue weighted by Crippen LogP contribution is -1.91. The van der Waals surface area contributed by atoms with Crippen LogP contribution in [0.3, 0.4) is 0 Å². The van der Waals surface area contributed by atoms with Gasteiger partial charge in [0.25, 0.3) is 0 Å². The average Bonchev–Trinajstić information content (AvgIpc) is 2.75. The Morgan fingerprint density at radius 1 is 1.62 bits per heavy atom. The van der Waals surface area contributed by atoms with Gasteiger partial charge in [0, 0.05) is 24.7 Å². The van der Waals surface area contributed by atoms with E-state index >= 15 is 0 Å². The standard InChI is InChI=1S/C8H7N3OS/c1-5(12)6-4-13-8(11-6)7-9-2-3-10-7/h2-4H,1H3,(H,9,10). The maximum Gasteiger partial charge on any atom is 0.178 e. The first-order chi connectivity index (χ1) is 6.27. The molecule has 0 aliphatic carbocycles. The summed E-state index contributed by atoms with van der Waals surface area (Å²) in [5, 5.41) is 2.48. The number of rotatable bonds is 2. The molecule has 0 spiro atoms. The van der Waals surface area contributed by atoms with E-state index in [-0.39, 0.29) is 5.78 Å². The van der Waals surface area contributed by atoms with Gasteiger partial charge in [0.05, 0.1) is 0 Å². The summed E-state index contributed by atoms with van der Waals surface area (Å²) in [6, 6.07) is 0. The lowest BCUT2D eigenvalue weighted by atomic mass is 10.3. The van der Waals surface area contributed by atoms with Gasteiger partial charge in [-0.15, -0.1) is 11.3 Å². The van der Waals surface area contributed by atoms with Gasteiger partial charge in [-0.3, -0.25) is 4.79 Å². The zero-order chi connectivity index (χ0) is 9.26. The zero-order valence-corrected chi connectivity index (χ0v) is 7.76. The van der Waals surface area contributed by atoms with Gasteiger partial charge in [-0.25, -0.2) is 9.97 Å². The van der Waals surface area contributed by atoms with Crippen LogP contribution in [0.15, 0.2) is 17.8 Å². The van der Waals surface area contributed by atoms with Crippen LogP contribution in [0.1, 0.15) is 17.4 Å². The predicted molar refractivity (Wildman–Crippen MR) is 49.7 cm³/mol. The number of nitrogens with zero attached hydrogens (tertiary/aromatic N) is 2. The molecule has 0 saturated heterocycles. The highest BCUT2D eigenvalue weighted by molar-refractivity contribution is 7.13. The number of H-pyrrole nitrogens is 1. The molecule has 0 radical (unpaired) electrons. The van der Waals surface area contributed by atoms with Crippen molar-refractivity contribution in [1.82, 2.24) is 15.0 Å². The van der Waals surface area contributed by atoms with Gasteiger partial charge < -0.3 is 4.98 Å². The van der Waals surface area contributed by atoms with Crippen molar-refractivity contribution in [3.05, 3.63) is 23.5 Å². The maximum absolute atomic E-state index is 10.9. The summed E-state index contributed by atoms with van der Waals surface area (Å²) in [6.07, 6.45) is 3.38. The molecule has 5 heteroatoms. The third-order valence-electron chi connectivity index (χ3n) is 1.57. The fourth-order valence-corrected chi connectivity index (χ4v) is 1.74. The van der Waals surface area contributed by atoms with E-state index in [0.717, 1.165) is 5.01 Å². The molecule has 1 N–H and O–H groups in total. The minimum Gasteiger partial charge on any atom is -0.343 e. The summed E-state index contributed by atoms with van der Waals surface area (Å²) >= 11 is 1.41. The highest BCUT2D eigenvalue weighted by Crippen LogP contribution is 2.19. The van der Waals surface area contributed by atoms with Gasteiger partial charge in [-0.2, -0.15) is 0 Å². The van der Waals surface area contributed by atoms with E-state index in [2.05, 4.69) is 15.0 Å². The number of hydrogen-bond acceptors (Lipinski definition) is 4. The Morgan fingerprint density at radius 3 is 3.00 bits per heavy atom. The topological polar surface area (TPSA) is 58.6 Å². The average molecular weight is 193 g/mol. The molecule has 0 aliphatic heterocycles. The molecule has 2 aromatic heterocycles. The number of carbonyl (C=O) groups excluding carboxylic acids is 1. The Morgan fingerprint density at radius 2 is 2.46 bits per heavy atom. The predicted octanol–water partition coefficient (Wildman–Crippen LogP) is 1.74. The summed E-state index contributed by atoms with van der Waals surface area (Å²) in [5.74, 6) is 0.687. The monoisotopic (exact) mass is 193 g/mol. The fraction of sp³-hybridized carbons (Fsp3) is 0.125. The van der Waals surface area contributed by atoms with Gasteiger partial charge in [-0.05, 0) is 0 Å². The molecule has 0 aliphatic rings. The first-order valence-corrected chi connectivity index (χ1v) is 4.61. The second-order valence-electron chi connectivity index (χ2n) is 2.53. The Labute approximate surface area is 78.7 Å². The van der Waals surface area contributed by atoms with Gasteiger partial charge in [0.15, 0.2) is 16.6 Å². The first kappa shape index (κ1) is 8.12. The molecule has 4 nitrogen and oxygen atoms in total. The molecule has 2 aromatic rings. The van der Waals surface area contributed by atoms with Crippen LogP contribution < -0.4 is 0 Å². The summed E-state index contributed by atoms with van der Waals surface area (Å²) in [6.45, 7) is 1.50. The smallest absolute Gasteiger partial charge is 0.178 e. The molecular formula is C8H7N3OS. The zero-order valence-electron chi connectivity index (χ0n) is 6.94. The molecule has 0 amide bonds. The fourth-order valence-electron chi connectivity index (χ4n) is 0.926. The van der Waals surface area contributed by atoms with E-state index in [4.69, 9.17) is 0 Å². The molecule has 0 fully saturated rings. The van der Waals surface area contributed by atoms with E-state index in [1.807, 2.05) is 0 Å². The van der Waals surface area contributed by atoms with E-state index in [9.17, 15) is 4.79 Å². The number of nitrogens with one attached hydrogen (secondary N) is 1. The van der Waals surface area contributed by atoms with E-state index in [1.165, 1.54) is 18.3 Å². The number of imidazole rings is 1. The van der Waals surface area contributed by atoms with Crippen molar-refractivity contribution in [2.75, 3.05) is 0 Å².